The second-order valence-electron chi connectivity index (χ2n) is 4.31. The normalized spacial score (nSPS) is 10.0. The fourth-order valence-corrected chi connectivity index (χ4v) is 2.09. The van der Waals surface area contributed by atoms with Crippen molar-refractivity contribution in [2.75, 3.05) is 13.7 Å². The lowest BCUT2D eigenvalue weighted by molar-refractivity contribution is -0.384. The van der Waals surface area contributed by atoms with Gasteiger partial charge < -0.3 is 14.2 Å². The van der Waals surface area contributed by atoms with Crippen LogP contribution in [0.3, 0.4) is 0 Å². The number of ether oxygens (including phenoxy) is 3. The van der Waals surface area contributed by atoms with Gasteiger partial charge in [0.05, 0.1) is 18.1 Å². The van der Waals surface area contributed by atoms with Crippen LogP contribution in [0, 0.1) is 10.1 Å². The first-order valence-electron chi connectivity index (χ1n) is 6.41. The number of hydrogen-bond donors (Lipinski definition) is 0. The number of benzene rings is 2. The predicted molar refractivity (Wildman–Crippen MR) is 84.9 cm³/mol. The minimum Gasteiger partial charge on any atom is -0.493 e. The SMILES string of the molecule is COc1ccc([N+](=O)[O-])cc1OC(=O)COc1cccc(Br)c1. The molecule has 7 nitrogen and oxygen atoms in total. The Morgan fingerprint density at radius 1 is 1.22 bits per heavy atom. The molecule has 0 aromatic heterocycles. The second kappa shape index (κ2) is 7.59. The van der Waals surface area contributed by atoms with Gasteiger partial charge in [-0.25, -0.2) is 4.79 Å². The van der Waals surface area contributed by atoms with Crippen LogP contribution in [0.2, 0.25) is 0 Å². The lowest BCUT2D eigenvalue weighted by Crippen LogP contribution is -2.18. The summed E-state index contributed by atoms with van der Waals surface area (Å²) in [5, 5.41) is 10.8. The first-order valence-corrected chi connectivity index (χ1v) is 7.20. The monoisotopic (exact) mass is 381 g/mol. The number of nitro groups is 1. The molecule has 0 aliphatic rings. The van der Waals surface area contributed by atoms with Gasteiger partial charge in [-0.15, -0.1) is 0 Å². The molecule has 0 radical (unpaired) electrons. The van der Waals surface area contributed by atoms with Crippen molar-refractivity contribution < 1.29 is 23.9 Å². The first kappa shape index (κ1) is 16.8. The third kappa shape index (κ3) is 4.68. The van der Waals surface area contributed by atoms with E-state index in [1.54, 1.807) is 18.2 Å². The van der Waals surface area contributed by atoms with Crippen molar-refractivity contribution in [1.82, 2.24) is 0 Å². The van der Waals surface area contributed by atoms with Gasteiger partial charge in [-0.2, -0.15) is 0 Å². The number of methoxy groups -OCH3 is 1. The molecule has 0 atom stereocenters. The van der Waals surface area contributed by atoms with E-state index in [0.717, 1.165) is 10.5 Å². The average Bonchev–Trinajstić information content (AvgIpc) is 2.53. The van der Waals surface area contributed by atoms with E-state index in [2.05, 4.69) is 15.9 Å². The van der Waals surface area contributed by atoms with Crippen LogP contribution in [0.1, 0.15) is 0 Å². The maximum Gasteiger partial charge on any atom is 0.349 e. The van der Waals surface area contributed by atoms with Crippen molar-refractivity contribution in [2.24, 2.45) is 0 Å². The lowest BCUT2D eigenvalue weighted by Gasteiger charge is -2.10. The number of hydrogen-bond acceptors (Lipinski definition) is 6. The summed E-state index contributed by atoms with van der Waals surface area (Å²) in [6.45, 7) is -0.345. The molecule has 2 rings (SSSR count). The van der Waals surface area contributed by atoms with E-state index in [9.17, 15) is 14.9 Å². The molecule has 0 aliphatic carbocycles. The number of carbonyl (C=O) groups is 1. The summed E-state index contributed by atoms with van der Waals surface area (Å²) in [4.78, 5) is 22.0. The number of nitrogens with zero attached hydrogens (tertiary/aromatic N) is 1. The van der Waals surface area contributed by atoms with Gasteiger partial charge in [-0.05, 0) is 24.3 Å². The van der Waals surface area contributed by atoms with Gasteiger partial charge in [-0.1, -0.05) is 22.0 Å². The van der Waals surface area contributed by atoms with E-state index in [0.29, 0.717) is 5.75 Å². The molecule has 0 aliphatic heterocycles. The van der Waals surface area contributed by atoms with Gasteiger partial charge in [0.25, 0.3) is 5.69 Å². The summed E-state index contributed by atoms with van der Waals surface area (Å²) < 4.78 is 16.2. The minimum atomic E-state index is -0.705. The quantitative estimate of drug-likeness (QED) is 0.330. The highest BCUT2D eigenvalue weighted by Crippen LogP contribution is 2.31. The van der Waals surface area contributed by atoms with Crippen molar-refractivity contribution in [3.05, 3.63) is 57.1 Å². The fraction of sp³-hybridized carbons (Fsp3) is 0.133. The van der Waals surface area contributed by atoms with E-state index in [1.165, 1.54) is 19.2 Å². The number of non-ortho nitro benzene ring substituents is 1. The number of rotatable bonds is 6. The van der Waals surface area contributed by atoms with Crippen molar-refractivity contribution in [1.29, 1.82) is 0 Å². The molecule has 0 fully saturated rings. The summed E-state index contributed by atoms with van der Waals surface area (Å²) >= 11 is 3.29. The highest BCUT2D eigenvalue weighted by atomic mass is 79.9. The van der Waals surface area contributed by atoms with Crippen molar-refractivity contribution in [3.8, 4) is 17.2 Å². The van der Waals surface area contributed by atoms with Gasteiger partial charge in [0.1, 0.15) is 5.75 Å². The maximum atomic E-state index is 11.8. The minimum absolute atomic E-state index is 0.0375. The van der Waals surface area contributed by atoms with Crippen LogP contribution in [-0.4, -0.2) is 24.6 Å². The van der Waals surface area contributed by atoms with Crippen LogP contribution >= 0.6 is 15.9 Å². The molecule has 0 N–H and O–H groups in total. The Morgan fingerprint density at radius 3 is 2.65 bits per heavy atom. The topological polar surface area (TPSA) is 87.9 Å². The van der Waals surface area contributed by atoms with Crippen LogP contribution < -0.4 is 14.2 Å². The average molecular weight is 382 g/mol. The van der Waals surface area contributed by atoms with Crippen molar-refractivity contribution >= 4 is 27.6 Å². The Labute approximate surface area is 140 Å². The van der Waals surface area contributed by atoms with Crippen LogP contribution in [0.5, 0.6) is 17.2 Å². The maximum absolute atomic E-state index is 11.8. The van der Waals surface area contributed by atoms with Crippen LogP contribution in [0.15, 0.2) is 46.9 Å². The Kier molecular flexibility index (Phi) is 5.53. The highest BCUT2D eigenvalue weighted by molar-refractivity contribution is 9.10. The molecule has 8 heteroatoms. The highest BCUT2D eigenvalue weighted by Gasteiger charge is 2.16. The molecule has 0 unspecified atom stereocenters. The summed E-state index contributed by atoms with van der Waals surface area (Å²) in [6.07, 6.45) is 0. The van der Waals surface area contributed by atoms with E-state index in [4.69, 9.17) is 14.2 Å². The smallest absolute Gasteiger partial charge is 0.349 e. The summed E-state index contributed by atoms with van der Waals surface area (Å²) in [6, 6.07) is 10.7. The van der Waals surface area contributed by atoms with Gasteiger partial charge in [-0.3, -0.25) is 10.1 Å². The van der Waals surface area contributed by atoms with Gasteiger partial charge >= 0.3 is 5.97 Å². The van der Waals surface area contributed by atoms with Gasteiger partial charge in [0, 0.05) is 10.5 Å². The third-order valence-corrected chi connectivity index (χ3v) is 3.23. The van der Waals surface area contributed by atoms with E-state index in [-0.39, 0.29) is 23.8 Å². The van der Waals surface area contributed by atoms with Gasteiger partial charge in [0.15, 0.2) is 18.1 Å². The largest absolute Gasteiger partial charge is 0.493 e. The molecule has 0 spiro atoms. The Morgan fingerprint density at radius 2 is 2.00 bits per heavy atom. The third-order valence-electron chi connectivity index (χ3n) is 2.73. The predicted octanol–water partition coefficient (Wildman–Crippen LogP) is 3.35. The Balaban J connectivity index is 2.04. The molecule has 2 aromatic carbocycles. The summed E-state index contributed by atoms with van der Waals surface area (Å²) in [5.41, 5.74) is -0.207. The second-order valence-corrected chi connectivity index (χ2v) is 5.23. The molecule has 23 heavy (non-hydrogen) atoms. The first-order chi connectivity index (χ1) is 11.0. The van der Waals surface area contributed by atoms with E-state index in [1.807, 2.05) is 6.07 Å². The van der Waals surface area contributed by atoms with Crippen LogP contribution in [0.25, 0.3) is 0 Å². The molecule has 0 amide bonds. The summed E-state index contributed by atoms with van der Waals surface area (Å²) in [7, 11) is 1.37. The molecular weight excluding hydrogens is 370 g/mol. The van der Waals surface area contributed by atoms with Gasteiger partial charge in [0.2, 0.25) is 0 Å². The molecule has 0 heterocycles. The van der Waals surface area contributed by atoms with Crippen molar-refractivity contribution in [3.63, 3.8) is 0 Å². The molecule has 2 aromatic rings. The molecular formula is C15H12BrNO6. The standard InChI is InChI=1S/C15H12BrNO6/c1-21-13-6-5-11(17(19)20)8-14(13)23-15(18)9-22-12-4-2-3-10(16)7-12/h2-8H,9H2,1H3. The zero-order valence-electron chi connectivity index (χ0n) is 12.0. The number of esters is 1. The number of nitro benzene ring substituents is 1. The Hall–Kier alpha value is -2.61. The van der Waals surface area contributed by atoms with Crippen LogP contribution in [0.4, 0.5) is 5.69 Å². The zero-order chi connectivity index (χ0) is 16.8. The van der Waals surface area contributed by atoms with E-state index >= 15 is 0 Å². The molecule has 120 valence electrons. The molecule has 0 bridgehead atoms. The zero-order valence-corrected chi connectivity index (χ0v) is 13.6. The number of carbonyl (C=O) groups excluding carboxylic acids is 1. The summed E-state index contributed by atoms with van der Waals surface area (Å²) in [5.74, 6) is -0.0398. The van der Waals surface area contributed by atoms with E-state index < -0.39 is 10.9 Å². The fourth-order valence-electron chi connectivity index (χ4n) is 1.71. The molecule has 0 saturated heterocycles. The number of halogens is 1. The lowest BCUT2D eigenvalue weighted by atomic mass is 10.3. The van der Waals surface area contributed by atoms with Crippen molar-refractivity contribution in [2.45, 2.75) is 0 Å². The Bertz CT molecular complexity index is 734. The molecule has 0 saturated carbocycles. The van der Waals surface area contributed by atoms with Crippen LogP contribution in [-0.2, 0) is 4.79 Å².